The SMILES string of the molecule is CC1(C)OB(c2cc(-c3ccc(-c4cccnc4)nc3)cc(-c3c4ccccc4c(-c4ccccc4)c4ccccc34)c2)OC1(C)C. The number of aromatic nitrogens is 2. The summed E-state index contributed by atoms with van der Waals surface area (Å²) in [4.78, 5) is 9.12. The summed E-state index contributed by atoms with van der Waals surface area (Å²) >= 11 is 0. The van der Waals surface area contributed by atoms with Crippen molar-refractivity contribution >= 4 is 34.1 Å². The molecule has 8 rings (SSSR count). The van der Waals surface area contributed by atoms with Crippen molar-refractivity contribution in [2.24, 2.45) is 0 Å². The summed E-state index contributed by atoms with van der Waals surface area (Å²) in [6, 6.07) is 43.1. The number of hydrogen-bond donors (Lipinski definition) is 0. The first kappa shape index (κ1) is 29.3. The maximum atomic E-state index is 6.62. The van der Waals surface area contributed by atoms with Gasteiger partial charge >= 0.3 is 7.12 Å². The molecule has 1 saturated heterocycles. The second-order valence-electron chi connectivity index (χ2n) is 13.3. The fourth-order valence-corrected chi connectivity index (χ4v) is 6.68. The van der Waals surface area contributed by atoms with Gasteiger partial charge in [0.05, 0.1) is 16.9 Å². The van der Waals surface area contributed by atoms with E-state index in [0.29, 0.717) is 0 Å². The van der Waals surface area contributed by atoms with Gasteiger partial charge in [-0.3, -0.25) is 9.97 Å². The lowest BCUT2D eigenvalue weighted by molar-refractivity contribution is 0.00578. The molecule has 1 aliphatic heterocycles. The minimum atomic E-state index is -0.512. The Morgan fingerprint density at radius 1 is 0.489 bits per heavy atom. The molecule has 0 bridgehead atoms. The molecule has 1 aliphatic rings. The van der Waals surface area contributed by atoms with Gasteiger partial charge in [0.2, 0.25) is 0 Å². The molecule has 0 saturated carbocycles. The van der Waals surface area contributed by atoms with Crippen molar-refractivity contribution in [1.82, 2.24) is 9.97 Å². The Bertz CT molecular complexity index is 2180. The van der Waals surface area contributed by atoms with E-state index >= 15 is 0 Å². The van der Waals surface area contributed by atoms with E-state index in [1.807, 2.05) is 24.5 Å². The van der Waals surface area contributed by atoms with E-state index in [2.05, 4.69) is 142 Å². The molecule has 1 fully saturated rings. The fraction of sp³-hybridized carbons (Fsp3) is 0.143. The molecule has 4 nitrogen and oxygen atoms in total. The Labute approximate surface area is 276 Å². The van der Waals surface area contributed by atoms with Crippen LogP contribution in [0.4, 0.5) is 0 Å². The van der Waals surface area contributed by atoms with Gasteiger partial charge < -0.3 is 9.31 Å². The molecule has 47 heavy (non-hydrogen) atoms. The van der Waals surface area contributed by atoms with Crippen molar-refractivity contribution in [1.29, 1.82) is 0 Å². The van der Waals surface area contributed by atoms with Crippen molar-refractivity contribution in [3.63, 3.8) is 0 Å². The monoisotopic (exact) mass is 610 g/mol. The van der Waals surface area contributed by atoms with Crippen LogP contribution in [0.25, 0.3) is 66.2 Å². The Hall–Kier alpha value is -5.10. The zero-order chi connectivity index (χ0) is 32.2. The van der Waals surface area contributed by atoms with Crippen LogP contribution < -0.4 is 5.46 Å². The summed E-state index contributed by atoms with van der Waals surface area (Å²) in [7, 11) is -0.512. The van der Waals surface area contributed by atoms with E-state index in [4.69, 9.17) is 14.3 Å². The summed E-state index contributed by atoms with van der Waals surface area (Å²) < 4.78 is 13.2. The van der Waals surface area contributed by atoms with Crippen LogP contribution in [0.5, 0.6) is 0 Å². The molecule has 5 heteroatoms. The topological polar surface area (TPSA) is 44.2 Å². The molecule has 3 heterocycles. The van der Waals surface area contributed by atoms with Crippen LogP contribution in [0.2, 0.25) is 0 Å². The molecular formula is C42H35BN2O2. The molecule has 0 atom stereocenters. The zero-order valence-corrected chi connectivity index (χ0v) is 27.1. The largest absolute Gasteiger partial charge is 0.494 e. The van der Waals surface area contributed by atoms with Crippen molar-refractivity contribution in [3.05, 3.63) is 140 Å². The second-order valence-corrected chi connectivity index (χ2v) is 13.3. The molecule has 0 radical (unpaired) electrons. The number of pyridine rings is 2. The van der Waals surface area contributed by atoms with E-state index in [9.17, 15) is 0 Å². The molecular weight excluding hydrogens is 575 g/mol. The van der Waals surface area contributed by atoms with Gasteiger partial charge in [0.1, 0.15) is 0 Å². The van der Waals surface area contributed by atoms with Crippen LogP contribution in [0, 0.1) is 0 Å². The van der Waals surface area contributed by atoms with Crippen molar-refractivity contribution in [2.75, 3.05) is 0 Å². The number of rotatable bonds is 5. The minimum absolute atomic E-state index is 0.461. The summed E-state index contributed by atoms with van der Waals surface area (Å²) in [5.74, 6) is 0. The van der Waals surface area contributed by atoms with E-state index < -0.39 is 18.3 Å². The molecule has 2 aromatic heterocycles. The summed E-state index contributed by atoms with van der Waals surface area (Å²) in [5.41, 5.74) is 8.76. The maximum Gasteiger partial charge on any atom is 0.494 e. The van der Waals surface area contributed by atoms with Crippen LogP contribution >= 0.6 is 0 Å². The number of nitrogens with zero attached hydrogens (tertiary/aromatic N) is 2. The Balaban J connectivity index is 1.37. The molecule has 0 N–H and O–H groups in total. The first-order valence-corrected chi connectivity index (χ1v) is 16.2. The average molecular weight is 611 g/mol. The molecule has 0 amide bonds. The van der Waals surface area contributed by atoms with Gasteiger partial charge in [-0.1, -0.05) is 97.1 Å². The highest BCUT2D eigenvalue weighted by atomic mass is 16.7. The van der Waals surface area contributed by atoms with Crippen molar-refractivity contribution in [2.45, 2.75) is 38.9 Å². The van der Waals surface area contributed by atoms with E-state index in [1.54, 1.807) is 6.20 Å². The number of hydrogen-bond acceptors (Lipinski definition) is 4. The quantitative estimate of drug-likeness (QED) is 0.144. The predicted molar refractivity (Wildman–Crippen MR) is 195 cm³/mol. The highest BCUT2D eigenvalue weighted by Crippen LogP contribution is 2.44. The van der Waals surface area contributed by atoms with Gasteiger partial charge in [-0.15, -0.1) is 0 Å². The Morgan fingerprint density at radius 3 is 1.60 bits per heavy atom. The Kier molecular flexibility index (Phi) is 7.05. The lowest BCUT2D eigenvalue weighted by atomic mass is 9.75. The standard InChI is InChI=1S/C42H35BN2O2/c1-41(2)42(3,4)47-43(46-41)33-24-31(29-20-21-38(45-27-29)30-15-12-22-44-26-30)23-32(25-33)40-36-18-10-8-16-34(36)39(28-13-6-5-7-14-28)35-17-9-11-19-37(35)40/h5-27H,1-4H3. The normalized spacial score (nSPS) is 15.4. The van der Waals surface area contributed by atoms with Crippen LogP contribution in [0.1, 0.15) is 27.7 Å². The fourth-order valence-electron chi connectivity index (χ4n) is 6.68. The van der Waals surface area contributed by atoms with Gasteiger partial charge in [0.15, 0.2) is 0 Å². The van der Waals surface area contributed by atoms with E-state index in [1.165, 1.54) is 38.2 Å². The molecule has 0 unspecified atom stereocenters. The maximum absolute atomic E-state index is 6.62. The minimum Gasteiger partial charge on any atom is -0.399 e. The molecule has 0 aliphatic carbocycles. The highest BCUT2D eigenvalue weighted by Gasteiger charge is 2.51. The van der Waals surface area contributed by atoms with Crippen molar-refractivity contribution in [3.8, 4) is 44.6 Å². The van der Waals surface area contributed by atoms with Gasteiger partial charge in [0, 0.05) is 29.7 Å². The highest BCUT2D eigenvalue weighted by molar-refractivity contribution is 6.62. The molecule has 0 spiro atoms. The molecule has 228 valence electrons. The third-order valence-electron chi connectivity index (χ3n) is 9.82. The number of benzene rings is 5. The second kappa shape index (κ2) is 11.3. The smallest absolute Gasteiger partial charge is 0.399 e. The molecule has 5 aromatic carbocycles. The number of fused-ring (bicyclic) bond motifs is 2. The van der Waals surface area contributed by atoms with Gasteiger partial charge in [-0.05, 0) is 107 Å². The van der Waals surface area contributed by atoms with Crippen molar-refractivity contribution < 1.29 is 9.31 Å². The summed E-state index contributed by atoms with van der Waals surface area (Å²) in [6.07, 6.45) is 5.57. The first-order valence-electron chi connectivity index (χ1n) is 16.2. The van der Waals surface area contributed by atoms with Crippen LogP contribution in [0.3, 0.4) is 0 Å². The lowest BCUT2D eigenvalue weighted by Gasteiger charge is -2.32. The molecule has 7 aromatic rings. The van der Waals surface area contributed by atoms with Gasteiger partial charge in [-0.2, -0.15) is 0 Å². The zero-order valence-electron chi connectivity index (χ0n) is 27.1. The van der Waals surface area contributed by atoms with Crippen LogP contribution in [-0.2, 0) is 9.31 Å². The van der Waals surface area contributed by atoms with Gasteiger partial charge in [0.25, 0.3) is 0 Å². The summed E-state index contributed by atoms with van der Waals surface area (Å²) in [5, 5.41) is 4.84. The third kappa shape index (κ3) is 5.13. The summed E-state index contributed by atoms with van der Waals surface area (Å²) in [6.45, 7) is 8.40. The third-order valence-corrected chi connectivity index (χ3v) is 9.82. The van der Waals surface area contributed by atoms with E-state index in [-0.39, 0.29) is 0 Å². The average Bonchev–Trinajstić information content (AvgIpc) is 3.33. The van der Waals surface area contributed by atoms with Crippen LogP contribution in [-0.4, -0.2) is 28.3 Å². The predicted octanol–water partition coefficient (Wildman–Crippen LogP) is 9.75. The Morgan fingerprint density at radius 2 is 1.04 bits per heavy atom. The lowest BCUT2D eigenvalue weighted by Crippen LogP contribution is -2.41. The van der Waals surface area contributed by atoms with Gasteiger partial charge in [-0.25, -0.2) is 0 Å². The van der Waals surface area contributed by atoms with E-state index in [0.717, 1.165) is 33.4 Å². The first-order chi connectivity index (χ1) is 22.8. The van der Waals surface area contributed by atoms with Crippen LogP contribution in [0.15, 0.2) is 140 Å².